The molecule has 0 saturated heterocycles. The minimum absolute atomic E-state index is 0.530. The Bertz CT molecular complexity index is 575. The fourth-order valence-corrected chi connectivity index (χ4v) is 4.36. The average Bonchev–Trinajstić information content (AvgIpc) is 2.94. The van der Waals surface area contributed by atoms with Crippen molar-refractivity contribution in [1.29, 1.82) is 0 Å². The van der Waals surface area contributed by atoms with Crippen molar-refractivity contribution in [2.75, 3.05) is 7.05 Å². The Morgan fingerprint density at radius 3 is 2.57 bits per heavy atom. The molecule has 2 nitrogen and oxygen atoms in total. The van der Waals surface area contributed by atoms with Gasteiger partial charge in [-0.1, -0.05) is 25.4 Å². The van der Waals surface area contributed by atoms with Crippen LogP contribution in [-0.4, -0.2) is 18.0 Å². The van der Waals surface area contributed by atoms with E-state index < -0.39 is 0 Å². The van der Waals surface area contributed by atoms with Crippen molar-refractivity contribution in [3.05, 3.63) is 42.7 Å². The molecular formula is C16H23ClN2S2. The van der Waals surface area contributed by atoms with Gasteiger partial charge in [-0.3, -0.25) is 4.90 Å². The summed E-state index contributed by atoms with van der Waals surface area (Å²) in [5, 5.41) is 3.48. The van der Waals surface area contributed by atoms with Gasteiger partial charge in [0.1, 0.15) is 0 Å². The quantitative estimate of drug-likeness (QED) is 0.769. The van der Waals surface area contributed by atoms with E-state index in [4.69, 9.17) is 11.6 Å². The molecule has 0 aliphatic rings. The third-order valence-corrected chi connectivity index (χ3v) is 5.56. The molecular weight excluding hydrogens is 320 g/mol. The highest BCUT2D eigenvalue weighted by molar-refractivity contribution is 7.16. The lowest BCUT2D eigenvalue weighted by Gasteiger charge is -2.15. The minimum atomic E-state index is 0.530. The van der Waals surface area contributed by atoms with Gasteiger partial charge >= 0.3 is 0 Å². The van der Waals surface area contributed by atoms with E-state index in [0.717, 1.165) is 24.0 Å². The maximum atomic E-state index is 5.99. The SMILES string of the molecule is Cc1sc(CNC(C)C)cc1CN(C)Cc1ccc(Cl)s1. The van der Waals surface area contributed by atoms with Crippen LogP contribution in [0.2, 0.25) is 4.34 Å². The highest BCUT2D eigenvalue weighted by Gasteiger charge is 2.10. The molecule has 2 rings (SSSR count). The van der Waals surface area contributed by atoms with Gasteiger partial charge in [-0.15, -0.1) is 22.7 Å². The molecule has 0 amide bonds. The molecule has 0 spiro atoms. The Morgan fingerprint density at radius 1 is 1.19 bits per heavy atom. The van der Waals surface area contributed by atoms with E-state index in [9.17, 15) is 0 Å². The second kappa shape index (κ2) is 7.75. The first-order valence-electron chi connectivity index (χ1n) is 7.18. The van der Waals surface area contributed by atoms with E-state index in [0.29, 0.717) is 6.04 Å². The molecule has 1 N–H and O–H groups in total. The molecule has 0 bridgehead atoms. The second-order valence-electron chi connectivity index (χ2n) is 5.71. The number of rotatable bonds is 7. The average molecular weight is 343 g/mol. The van der Waals surface area contributed by atoms with Crippen LogP contribution in [0.15, 0.2) is 18.2 Å². The standard InChI is InChI=1S/C16H23ClN2S2/c1-11(2)18-8-15-7-13(12(3)20-15)9-19(4)10-14-5-6-16(17)21-14/h5-7,11,18H,8-10H2,1-4H3. The molecule has 21 heavy (non-hydrogen) atoms. The van der Waals surface area contributed by atoms with Crippen LogP contribution in [0.3, 0.4) is 0 Å². The summed E-state index contributed by atoms with van der Waals surface area (Å²) >= 11 is 9.55. The first-order valence-corrected chi connectivity index (χ1v) is 9.19. The van der Waals surface area contributed by atoms with Crippen LogP contribution in [0.5, 0.6) is 0 Å². The van der Waals surface area contributed by atoms with Gasteiger partial charge in [0.05, 0.1) is 4.34 Å². The molecule has 0 aliphatic carbocycles. The number of nitrogens with one attached hydrogen (secondary N) is 1. The van der Waals surface area contributed by atoms with Gasteiger partial charge in [0, 0.05) is 40.3 Å². The van der Waals surface area contributed by atoms with Gasteiger partial charge in [-0.25, -0.2) is 0 Å². The number of hydrogen-bond donors (Lipinski definition) is 1. The van der Waals surface area contributed by atoms with Gasteiger partial charge < -0.3 is 5.32 Å². The molecule has 0 saturated carbocycles. The molecule has 0 aromatic carbocycles. The topological polar surface area (TPSA) is 15.3 Å². The van der Waals surface area contributed by atoms with Gasteiger partial charge in [-0.05, 0) is 37.7 Å². The Kier molecular flexibility index (Phi) is 6.26. The van der Waals surface area contributed by atoms with E-state index in [1.807, 2.05) is 17.4 Å². The maximum Gasteiger partial charge on any atom is 0.0931 e. The summed E-state index contributed by atoms with van der Waals surface area (Å²) in [4.78, 5) is 6.50. The molecule has 2 aromatic heterocycles. The fourth-order valence-electron chi connectivity index (χ4n) is 2.19. The number of aryl methyl sites for hydroxylation is 1. The smallest absolute Gasteiger partial charge is 0.0931 e. The van der Waals surface area contributed by atoms with Crippen molar-refractivity contribution in [1.82, 2.24) is 10.2 Å². The van der Waals surface area contributed by atoms with Crippen molar-refractivity contribution in [3.8, 4) is 0 Å². The zero-order valence-corrected chi connectivity index (χ0v) is 15.5. The molecule has 2 aromatic rings. The van der Waals surface area contributed by atoms with Crippen LogP contribution in [0.4, 0.5) is 0 Å². The highest BCUT2D eigenvalue weighted by atomic mass is 35.5. The van der Waals surface area contributed by atoms with Gasteiger partial charge in [0.15, 0.2) is 0 Å². The van der Waals surface area contributed by atoms with E-state index >= 15 is 0 Å². The Hall–Kier alpha value is -0.390. The first-order chi connectivity index (χ1) is 9.94. The van der Waals surface area contributed by atoms with Gasteiger partial charge in [0.2, 0.25) is 0 Å². The summed E-state index contributed by atoms with van der Waals surface area (Å²) in [6.07, 6.45) is 0. The van der Waals surface area contributed by atoms with Crippen LogP contribution < -0.4 is 5.32 Å². The van der Waals surface area contributed by atoms with E-state index in [1.54, 1.807) is 11.3 Å². The third kappa shape index (κ3) is 5.38. The largest absolute Gasteiger partial charge is 0.310 e. The summed E-state index contributed by atoms with van der Waals surface area (Å²) in [5.74, 6) is 0. The van der Waals surface area contributed by atoms with E-state index in [2.05, 4.69) is 50.2 Å². The predicted molar refractivity (Wildman–Crippen MR) is 95.5 cm³/mol. The van der Waals surface area contributed by atoms with Crippen molar-refractivity contribution in [2.45, 2.75) is 46.4 Å². The number of nitrogens with zero attached hydrogens (tertiary/aromatic N) is 1. The third-order valence-electron chi connectivity index (χ3n) is 3.25. The zero-order chi connectivity index (χ0) is 15.4. The monoisotopic (exact) mass is 342 g/mol. The Labute approximate surface area is 140 Å². The summed E-state index contributed by atoms with van der Waals surface area (Å²) in [6, 6.07) is 6.96. The van der Waals surface area contributed by atoms with Crippen molar-refractivity contribution >= 4 is 34.3 Å². The van der Waals surface area contributed by atoms with Gasteiger partial charge in [-0.2, -0.15) is 0 Å². The van der Waals surface area contributed by atoms with Crippen molar-refractivity contribution in [2.24, 2.45) is 0 Å². The van der Waals surface area contributed by atoms with Crippen molar-refractivity contribution in [3.63, 3.8) is 0 Å². The van der Waals surface area contributed by atoms with E-state index in [-0.39, 0.29) is 0 Å². The molecule has 0 radical (unpaired) electrons. The Balaban J connectivity index is 1.92. The number of halogens is 1. The molecule has 2 heterocycles. The van der Waals surface area contributed by atoms with Crippen molar-refractivity contribution < 1.29 is 0 Å². The summed E-state index contributed by atoms with van der Waals surface area (Å²) < 4.78 is 0.868. The van der Waals surface area contributed by atoms with Crippen LogP contribution >= 0.6 is 34.3 Å². The van der Waals surface area contributed by atoms with Crippen LogP contribution in [-0.2, 0) is 19.6 Å². The lowest BCUT2D eigenvalue weighted by molar-refractivity contribution is 0.322. The number of thiophene rings is 2. The molecule has 116 valence electrons. The summed E-state index contributed by atoms with van der Waals surface area (Å²) in [5.41, 5.74) is 1.44. The van der Waals surface area contributed by atoms with Crippen LogP contribution in [0, 0.1) is 6.92 Å². The minimum Gasteiger partial charge on any atom is -0.310 e. The fraction of sp³-hybridized carbons (Fsp3) is 0.500. The van der Waals surface area contributed by atoms with Gasteiger partial charge in [0.25, 0.3) is 0 Å². The number of hydrogen-bond acceptors (Lipinski definition) is 4. The van der Waals surface area contributed by atoms with Crippen LogP contribution in [0.1, 0.15) is 34.0 Å². The molecule has 5 heteroatoms. The molecule has 0 aliphatic heterocycles. The molecule has 0 unspecified atom stereocenters. The normalized spacial score (nSPS) is 11.8. The lowest BCUT2D eigenvalue weighted by Crippen LogP contribution is -2.21. The first kappa shape index (κ1) is 17.0. The highest BCUT2D eigenvalue weighted by Crippen LogP contribution is 2.25. The molecule has 0 atom stereocenters. The lowest BCUT2D eigenvalue weighted by atomic mass is 10.2. The maximum absolute atomic E-state index is 5.99. The predicted octanol–water partition coefficient (Wildman–Crippen LogP) is 4.90. The zero-order valence-electron chi connectivity index (χ0n) is 13.1. The molecule has 0 fully saturated rings. The van der Waals surface area contributed by atoms with E-state index in [1.165, 1.54) is 20.2 Å². The second-order valence-corrected chi connectivity index (χ2v) is 8.85. The Morgan fingerprint density at radius 2 is 1.95 bits per heavy atom. The van der Waals surface area contributed by atoms with Crippen LogP contribution in [0.25, 0.3) is 0 Å². The summed E-state index contributed by atoms with van der Waals surface area (Å²) in [7, 11) is 2.16. The summed E-state index contributed by atoms with van der Waals surface area (Å²) in [6.45, 7) is 9.48.